The minimum atomic E-state index is -0.150. The number of hydrogen-bond donors (Lipinski definition) is 3. The van der Waals surface area contributed by atoms with Crippen LogP contribution >= 0.6 is 12.6 Å². The molecule has 2 atom stereocenters. The molecular weight excluding hydrogens is 452 g/mol. The van der Waals surface area contributed by atoms with Crippen LogP contribution in [0.5, 0.6) is 5.75 Å². The van der Waals surface area contributed by atoms with Crippen molar-refractivity contribution in [3.05, 3.63) is 48.6 Å². The van der Waals surface area contributed by atoms with Gasteiger partial charge < -0.3 is 24.7 Å². The lowest BCUT2D eigenvalue weighted by Gasteiger charge is -2.26. The third-order valence-corrected chi connectivity index (χ3v) is 5.75. The summed E-state index contributed by atoms with van der Waals surface area (Å²) in [6, 6.07) is 7.90. The number of nitrogens with zero attached hydrogens (tertiary/aromatic N) is 4. The van der Waals surface area contributed by atoms with Gasteiger partial charge in [0.2, 0.25) is 5.91 Å². The monoisotopic (exact) mass is 482 g/mol. The predicted octanol–water partition coefficient (Wildman–Crippen LogP) is 3.21. The topological polar surface area (TPSA) is 105 Å². The third kappa shape index (κ3) is 6.27. The van der Waals surface area contributed by atoms with Crippen LogP contribution in [0.2, 0.25) is 0 Å². The molecule has 0 spiro atoms. The average molecular weight is 483 g/mol. The molecule has 0 bridgehead atoms. The van der Waals surface area contributed by atoms with Crippen molar-refractivity contribution in [1.29, 1.82) is 0 Å². The van der Waals surface area contributed by atoms with Crippen LogP contribution in [-0.2, 0) is 9.53 Å². The zero-order chi connectivity index (χ0) is 23.8. The van der Waals surface area contributed by atoms with Crippen LogP contribution < -0.4 is 15.0 Å². The summed E-state index contributed by atoms with van der Waals surface area (Å²) in [5.74, 6) is 1.44. The molecule has 1 aliphatic rings. The maximum Gasteiger partial charge on any atom is 0.244 e. The summed E-state index contributed by atoms with van der Waals surface area (Å²) in [7, 11) is 0. The van der Waals surface area contributed by atoms with Gasteiger partial charge in [0.15, 0.2) is 11.5 Å². The summed E-state index contributed by atoms with van der Waals surface area (Å²) >= 11 is 4.16. The Morgan fingerprint density at radius 1 is 1.35 bits per heavy atom. The van der Waals surface area contributed by atoms with Crippen LogP contribution in [0.15, 0.2) is 43.0 Å². The number of aromatic nitrogens is 4. The Morgan fingerprint density at radius 2 is 2.24 bits per heavy atom. The summed E-state index contributed by atoms with van der Waals surface area (Å²) in [6.45, 7) is 4.39. The fourth-order valence-electron chi connectivity index (χ4n) is 3.96. The number of nitrogens with one attached hydrogen (secondary N) is 2. The van der Waals surface area contributed by atoms with Gasteiger partial charge in [0.25, 0.3) is 0 Å². The van der Waals surface area contributed by atoms with E-state index in [4.69, 9.17) is 9.47 Å². The zero-order valence-electron chi connectivity index (χ0n) is 19.2. The minimum Gasteiger partial charge on any atom is -0.491 e. The van der Waals surface area contributed by atoms with Crippen LogP contribution in [0.25, 0.3) is 17.2 Å². The Bertz CT molecular complexity index is 1120. The third-order valence-electron chi connectivity index (χ3n) is 5.60. The molecule has 10 heteroatoms. The van der Waals surface area contributed by atoms with Crippen molar-refractivity contribution in [1.82, 2.24) is 25.3 Å². The number of fused-ring (bicyclic) bond motifs is 1. The van der Waals surface area contributed by atoms with E-state index >= 15 is 0 Å². The number of rotatable bonds is 11. The van der Waals surface area contributed by atoms with E-state index in [1.165, 1.54) is 6.08 Å². The molecule has 3 aromatic rings. The van der Waals surface area contributed by atoms with Gasteiger partial charge in [-0.3, -0.25) is 4.79 Å². The zero-order valence-corrected chi connectivity index (χ0v) is 20.1. The number of thiol groups is 1. The highest BCUT2D eigenvalue weighted by Gasteiger charge is 2.28. The Morgan fingerprint density at radius 3 is 3.12 bits per heavy atom. The molecule has 1 fully saturated rings. The number of imidazole rings is 1. The molecule has 4 rings (SSSR count). The van der Waals surface area contributed by atoms with Gasteiger partial charge >= 0.3 is 0 Å². The van der Waals surface area contributed by atoms with Crippen molar-refractivity contribution in [3.63, 3.8) is 0 Å². The van der Waals surface area contributed by atoms with Gasteiger partial charge in [0.1, 0.15) is 24.2 Å². The number of anilines is 1. The fraction of sp³-hybridized carbons (Fsp3) is 0.417. The standard InChI is InChI=1S/C24H30N6O3S/c1-17(34)32-13-5-11-25-21(31)10-9-18-6-2-3-8-20(18)33-14-19-7-4-12-30(19)24-22-23(27-15-26-22)28-16-29-24/h2-3,6,8-10,15-17,19,34H,4-5,7,11-14H2,1H3,(H,25,31)(H,26,27,28,29)/b10-9+/t17?,19-/m1/s1. The molecule has 34 heavy (non-hydrogen) atoms. The van der Waals surface area contributed by atoms with Crippen LogP contribution in [0.3, 0.4) is 0 Å². The number of carbonyl (C=O) groups excluding carboxylic acids is 1. The number of ether oxygens (including phenoxy) is 2. The van der Waals surface area contributed by atoms with Crippen molar-refractivity contribution in [3.8, 4) is 5.75 Å². The Kier molecular flexibility index (Phi) is 8.37. The van der Waals surface area contributed by atoms with Crippen LogP contribution in [0.4, 0.5) is 5.82 Å². The number of aromatic amines is 1. The number of H-pyrrole nitrogens is 1. The van der Waals surface area contributed by atoms with E-state index in [-0.39, 0.29) is 17.4 Å². The molecule has 1 amide bonds. The van der Waals surface area contributed by atoms with Crippen molar-refractivity contribution in [2.45, 2.75) is 37.7 Å². The molecule has 180 valence electrons. The van der Waals surface area contributed by atoms with Crippen molar-refractivity contribution in [2.75, 3.05) is 31.2 Å². The van der Waals surface area contributed by atoms with Gasteiger partial charge in [-0.15, -0.1) is 12.6 Å². The van der Waals surface area contributed by atoms with E-state index < -0.39 is 0 Å². The smallest absolute Gasteiger partial charge is 0.244 e. The van der Waals surface area contributed by atoms with Gasteiger partial charge in [-0.05, 0) is 38.3 Å². The molecule has 0 saturated carbocycles. The van der Waals surface area contributed by atoms with E-state index in [0.717, 1.165) is 48.5 Å². The van der Waals surface area contributed by atoms with Gasteiger partial charge in [-0.1, -0.05) is 18.2 Å². The molecule has 1 saturated heterocycles. The van der Waals surface area contributed by atoms with Gasteiger partial charge in [0, 0.05) is 31.3 Å². The summed E-state index contributed by atoms with van der Waals surface area (Å²) in [4.78, 5) is 30.5. The molecule has 1 aliphatic heterocycles. The normalized spacial score (nSPS) is 16.9. The van der Waals surface area contributed by atoms with E-state index in [1.54, 1.807) is 18.7 Å². The number of carbonyl (C=O) groups is 1. The molecule has 3 heterocycles. The first kappa shape index (κ1) is 24.0. The largest absolute Gasteiger partial charge is 0.491 e. The lowest BCUT2D eigenvalue weighted by molar-refractivity contribution is -0.116. The van der Waals surface area contributed by atoms with E-state index in [2.05, 4.69) is 42.8 Å². The Hall–Kier alpha value is -3.11. The highest BCUT2D eigenvalue weighted by atomic mass is 32.1. The van der Waals surface area contributed by atoms with Crippen LogP contribution in [0, 0.1) is 0 Å². The molecule has 1 aromatic carbocycles. The van der Waals surface area contributed by atoms with Crippen molar-refractivity contribution < 1.29 is 14.3 Å². The lowest BCUT2D eigenvalue weighted by atomic mass is 10.2. The molecule has 2 N–H and O–H groups in total. The molecule has 9 nitrogen and oxygen atoms in total. The predicted molar refractivity (Wildman–Crippen MR) is 135 cm³/mol. The van der Waals surface area contributed by atoms with E-state index in [1.807, 2.05) is 31.2 Å². The van der Waals surface area contributed by atoms with Crippen molar-refractivity contribution >= 4 is 41.6 Å². The Labute approximate surface area is 204 Å². The summed E-state index contributed by atoms with van der Waals surface area (Å²) in [5.41, 5.74) is 2.26. The van der Waals surface area contributed by atoms with E-state index in [0.29, 0.717) is 25.4 Å². The maximum absolute atomic E-state index is 12.2. The maximum atomic E-state index is 12.2. The fourth-order valence-corrected chi connectivity index (χ4v) is 4.06. The van der Waals surface area contributed by atoms with E-state index in [9.17, 15) is 4.79 Å². The molecule has 0 radical (unpaired) electrons. The quantitative estimate of drug-likeness (QED) is 0.167. The summed E-state index contributed by atoms with van der Waals surface area (Å²) in [5, 5.41) is 2.86. The minimum absolute atomic E-state index is 0.101. The first-order chi connectivity index (χ1) is 16.6. The first-order valence-electron chi connectivity index (χ1n) is 11.5. The van der Waals surface area contributed by atoms with Gasteiger partial charge in [0.05, 0.1) is 17.8 Å². The summed E-state index contributed by atoms with van der Waals surface area (Å²) < 4.78 is 11.6. The lowest BCUT2D eigenvalue weighted by Crippen LogP contribution is -2.35. The molecule has 2 aromatic heterocycles. The van der Waals surface area contributed by atoms with Crippen LogP contribution in [-0.4, -0.2) is 63.6 Å². The molecular formula is C24H30N6O3S. The molecule has 1 unspecified atom stereocenters. The molecule has 0 aliphatic carbocycles. The van der Waals surface area contributed by atoms with Gasteiger partial charge in [-0.25, -0.2) is 15.0 Å². The highest BCUT2D eigenvalue weighted by Crippen LogP contribution is 2.29. The number of amides is 1. The highest BCUT2D eigenvalue weighted by molar-refractivity contribution is 7.80. The number of benzene rings is 1. The van der Waals surface area contributed by atoms with Gasteiger partial charge in [-0.2, -0.15) is 0 Å². The average Bonchev–Trinajstić information content (AvgIpc) is 3.51. The number of hydrogen-bond acceptors (Lipinski definition) is 8. The second-order valence-electron chi connectivity index (χ2n) is 8.08. The second-order valence-corrected chi connectivity index (χ2v) is 8.81. The van der Waals surface area contributed by atoms with Crippen molar-refractivity contribution in [2.24, 2.45) is 0 Å². The Balaban J connectivity index is 1.34. The SMILES string of the molecule is CC(S)OCCCNC(=O)/C=C/c1ccccc1OC[C@H]1CCCN1c1ncnc2nc[nH]c12. The van der Waals surface area contributed by atoms with Crippen LogP contribution in [0.1, 0.15) is 31.7 Å². The summed E-state index contributed by atoms with van der Waals surface area (Å²) in [6.07, 6.45) is 9.31. The second kappa shape index (κ2) is 11.8. The first-order valence-corrected chi connectivity index (χ1v) is 12.0. The number of para-hydroxylation sites is 1.